The van der Waals surface area contributed by atoms with Gasteiger partial charge in [0.15, 0.2) is 5.58 Å². The van der Waals surface area contributed by atoms with Gasteiger partial charge < -0.3 is 15.1 Å². The van der Waals surface area contributed by atoms with Gasteiger partial charge in [-0.05, 0) is 61.0 Å². The normalized spacial score (nSPS) is 11.8. The molecule has 5 aromatic rings. The molecule has 0 atom stereocenters. The highest BCUT2D eigenvalue weighted by Crippen LogP contribution is 2.32. The van der Waals surface area contributed by atoms with Crippen LogP contribution in [0.25, 0.3) is 28.1 Å². The minimum atomic E-state index is -4.50. The number of nitrogens with zero attached hydrogens (tertiary/aromatic N) is 3. The molecule has 0 fully saturated rings. The standard InChI is InChI=1S/C23H16F3N5O2/c1-13-8-14(23(24,25)26)10-16(9-13)29-22(32)28-15-5-6-20-18(11-15)30-21(33-20)17-12-27-31-7-3-2-4-19(17)31/h2-12H,1H3,(H2,28,29,32). The molecule has 10 heteroatoms. The summed E-state index contributed by atoms with van der Waals surface area (Å²) >= 11 is 0. The molecule has 0 aliphatic carbocycles. The van der Waals surface area contributed by atoms with Gasteiger partial charge in [-0.3, -0.25) is 0 Å². The molecule has 0 saturated heterocycles. The lowest BCUT2D eigenvalue weighted by molar-refractivity contribution is -0.137. The van der Waals surface area contributed by atoms with Crippen LogP contribution in [0.1, 0.15) is 11.1 Å². The van der Waals surface area contributed by atoms with Gasteiger partial charge in [-0.25, -0.2) is 14.3 Å². The zero-order valence-electron chi connectivity index (χ0n) is 17.1. The van der Waals surface area contributed by atoms with Crippen molar-refractivity contribution in [2.24, 2.45) is 0 Å². The van der Waals surface area contributed by atoms with Crippen LogP contribution >= 0.6 is 0 Å². The van der Waals surface area contributed by atoms with E-state index in [1.54, 1.807) is 28.9 Å². The van der Waals surface area contributed by atoms with Crippen LogP contribution in [0.4, 0.5) is 29.3 Å². The van der Waals surface area contributed by atoms with E-state index in [-0.39, 0.29) is 5.69 Å². The monoisotopic (exact) mass is 451 g/mol. The summed E-state index contributed by atoms with van der Waals surface area (Å²) in [4.78, 5) is 16.9. The summed E-state index contributed by atoms with van der Waals surface area (Å²) in [6, 6.07) is 13.2. The molecule has 0 aliphatic rings. The van der Waals surface area contributed by atoms with E-state index in [0.717, 1.165) is 23.2 Å². The lowest BCUT2D eigenvalue weighted by Crippen LogP contribution is -2.20. The summed E-state index contributed by atoms with van der Waals surface area (Å²) < 4.78 is 46.6. The molecule has 0 spiro atoms. The molecular formula is C23H16F3N5O2. The predicted octanol–water partition coefficient (Wildman–Crippen LogP) is 6.11. The number of carbonyl (C=O) groups excluding carboxylic acids is 1. The van der Waals surface area contributed by atoms with Crippen molar-refractivity contribution in [3.8, 4) is 11.5 Å². The first-order valence-electron chi connectivity index (χ1n) is 9.86. The SMILES string of the molecule is Cc1cc(NC(=O)Nc2ccc3oc(-c4cnn5ccccc45)nc3c2)cc(C(F)(F)F)c1. The Hall–Kier alpha value is -4.34. The minimum Gasteiger partial charge on any atom is -0.436 e. The number of aromatic nitrogens is 3. The largest absolute Gasteiger partial charge is 0.436 e. The highest BCUT2D eigenvalue weighted by molar-refractivity contribution is 6.00. The number of hydrogen-bond donors (Lipinski definition) is 2. The Kier molecular flexibility index (Phi) is 4.77. The maximum absolute atomic E-state index is 13.0. The van der Waals surface area contributed by atoms with Crippen LogP contribution in [0.2, 0.25) is 0 Å². The third kappa shape index (κ3) is 4.10. The fourth-order valence-electron chi connectivity index (χ4n) is 3.53. The molecule has 5 rings (SSSR count). The van der Waals surface area contributed by atoms with Gasteiger partial charge in [0.25, 0.3) is 0 Å². The first kappa shape index (κ1) is 20.6. The Morgan fingerprint density at radius 1 is 1.03 bits per heavy atom. The summed E-state index contributed by atoms with van der Waals surface area (Å²) in [6.07, 6.45) is -1.03. The number of pyridine rings is 1. The molecule has 0 unspecified atom stereocenters. The number of aryl methyl sites for hydroxylation is 1. The molecule has 0 bridgehead atoms. The van der Waals surface area contributed by atoms with Crippen molar-refractivity contribution in [2.45, 2.75) is 13.1 Å². The Balaban J connectivity index is 1.37. The van der Waals surface area contributed by atoms with E-state index in [1.165, 1.54) is 13.0 Å². The van der Waals surface area contributed by atoms with Gasteiger partial charge in [0.1, 0.15) is 5.52 Å². The van der Waals surface area contributed by atoms with Crippen molar-refractivity contribution in [3.63, 3.8) is 0 Å². The Bertz CT molecular complexity index is 1500. The Morgan fingerprint density at radius 2 is 1.85 bits per heavy atom. The topological polar surface area (TPSA) is 84.5 Å². The molecule has 0 radical (unpaired) electrons. The van der Waals surface area contributed by atoms with Crippen LogP contribution in [0.5, 0.6) is 0 Å². The molecule has 2 aromatic carbocycles. The first-order valence-corrected chi connectivity index (χ1v) is 9.86. The van der Waals surface area contributed by atoms with Crippen molar-refractivity contribution in [3.05, 3.63) is 78.1 Å². The maximum atomic E-state index is 13.0. The number of urea groups is 1. The van der Waals surface area contributed by atoms with E-state index in [0.29, 0.717) is 28.2 Å². The number of hydrogen-bond acceptors (Lipinski definition) is 4. The van der Waals surface area contributed by atoms with Crippen molar-refractivity contribution < 1.29 is 22.4 Å². The van der Waals surface area contributed by atoms with Crippen molar-refractivity contribution in [1.29, 1.82) is 0 Å². The highest BCUT2D eigenvalue weighted by Gasteiger charge is 2.31. The van der Waals surface area contributed by atoms with Crippen LogP contribution in [0.3, 0.4) is 0 Å². The Labute approximate surface area is 184 Å². The average molecular weight is 451 g/mol. The summed E-state index contributed by atoms with van der Waals surface area (Å²) in [6.45, 7) is 1.53. The fraction of sp³-hybridized carbons (Fsp3) is 0.0870. The number of fused-ring (bicyclic) bond motifs is 2. The molecule has 166 valence electrons. The molecule has 33 heavy (non-hydrogen) atoms. The predicted molar refractivity (Wildman–Crippen MR) is 117 cm³/mol. The van der Waals surface area contributed by atoms with Crippen LogP contribution < -0.4 is 10.6 Å². The molecule has 0 aliphatic heterocycles. The molecule has 0 saturated carbocycles. The highest BCUT2D eigenvalue weighted by atomic mass is 19.4. The van der Waals surface area contributed by atoms with E-state index >= 15 is 0 Å². The third-order valence-corrected chi connectivity index (χ3v) is 4.96. The zero-order valence-corrected chi connectivity index (χ0v) is 17.1. The molecule has 3 aromatic heterocycles. The number of alkyl halides is 3. The Morgan fingerprint density at radius 3 is 2.67 bits per heavy atom. The number of carbonyl (C=O) groups is 1. The third-order valence-electron chi connectivity index (χ3n) is 4.96. The van der Waals surface area contributed by atoms with Gasteiger partial charge >= 0.3 is 12.2 Å². The van der Waals surface area contributed by atoms with Crippen LogP contribution in [-0.4, -0.2) is 20.6 Å². The van der Waals surface area contributed by atoms with E-state index in [4.69, 9.17) is 4.42 Å². The summed E-state index contributed by atoms with van der Waals surface area (Å²) in [5, 5.41) is 9.31. The number of benzene rings is 2. The lowest BCUT2D eigenvalue weighted by atomic mass is 10.1. The second-order valence-electron chi connectivity index (χ2n) is 7.45. The molecule has 7 nitrogen and oxygen atoms in total. The summed E-state index contributed by atoms with van der Waals surface area (Å²) in [5.74, 6) is 0.382. The smallest absolute Gasteiger partial charge is 0.416 e. The van der Waals surface area contributed by atoms with Gasteiger partial charge in [0.2, 0.25) is 5.89 Å². The van der Waals surface area contributed by atoms with Crippen LogP contribution in [-0.2, 0) is 6.18 Å². The average Bonchev–Trinajstić information content (AvgIpc) is 3.36. The quantitative estimate of drug-likeness (QED) is 0.346. The number of rotatable bonds is 3. The van der Waals surface area contributed by atoms with Crippen molar-refractivity contribution in [1.82, 2.24) is 14.6 Å². The zero-order chi connectivity index (χ0) is 23.2. The van der Waals surface area contributed by atoms with Gasteiger partial charge in [-0.2, -0.15) is 18.3 Å². The molecule has 2 N–H and O–H groups in total. The maximum Gasteiger partial charge on any atom is 0.416 e. The van der Waals surface area contributed by atoms with Gasteiger partial charge in [0.05, 0.1) is 22.8 Å². The fourth-order valence-corrected chi connectivity index (χ4v) is 3.53. The molecule has 2 amide bonds. The minimum absolute atomic E-state index is 0.0395. The second kappa shape index (κ2) is 7.66. The number of nitrogens with one attached hydrogen (secondary N) is 2. The number of anilines is 2. The van der Waals surface area contributed by atoms with E-state index < -0.39 is 17.8 Å². The van der Waals surface area contributed by atoms with Gasteiger partial charge in [-0.15, -0.1) is 0 Å². The lowest BCUT2D eigenvalue weighted by Gasteiger charge is -2.12. The number of halogens is 3. The van der Waals surface area contributed by atoms with Crippen molar-refractivity contribution in [2.75, 3.05) is 10.6 Å². The van der Waals surface area contributed by atoms with Crippen LogP contribution in [0, 0.1) is 6.92 Å². The van der Waals surface area contributed by atoms with E-state index in [9.17, 15) is 18.0 Å². The van der Waals surface area contributed by atoms with E-state index in [2.05, 4.69) is 20.7 Å². The van der Waals surface area contributed by atoms with Gasteiger partial charge in [-0.1, -0.05) is 6.07 Å². The number of oxazole rings is 1. The summed E-state index contributed by atoms with van der Waals surface area (Å²) in [7, 11) is 0. The van der Waals surface area contributed by atoms with Crippen LogP contribution in [0.15, 0.2) is 71.4 Å². The summed E-state index contributed by atoms with van der Waals surface area (Å²) in [5.41, 5.74) is 2.57. The second-order valence-corrected chi connectivity index (χ2v) is 7.45. The number of amides is 2. The van der Waals surface area contributed by atoms with Gasteiger partial charge in [0, 0.05) is 17.6 Å². The molecular weight excluding hydrogens is 435 g/mol. The van der Waals surface area contributed by atoms with E-state index in [1.807, 2.05) is 24.4 Å². The first-order chi connectivity index (χ1) is 15.8. The van der Waals surface area contributed by atoms with Crippen molar-refractivity contribution >= 4 is 34.0 Å². The molecule has 3 heterocycles.